The fourth-order valence-electron chi connectivity index (χ4n) is 1.49. The highest BCUT2D eigenvalue weighted by molar-refractivity contribution is 5.89. The molecule has 0 radical (unpaired) electrons. The molecule has 0 aliphatic rings. The zero-order chi connectivity index (χ0) is 12.3. The minimum atomic E-state index is -0.688. The fraction of sp³-hybridized carbons (Fsp3) is 0.0833. The normalized spacial score (nSPS) is 10.2. The number of aliphatic hydroxyl groups excluding tert-OH is 1. The van der Waals surface area contributed by atoms with Gasteiger partial charge in [0.2, 0.25) is 5.82 Å². The molecule has 2 rings (SSSR count). The van der Waals surface area contributed by atoms with Crippen LogP contribution in [0.3, 0.4) is 0 Å². The second-order valence-corrected chi connectivity index (χ2v) is 3.46. The third kappa shape index (κ3) is 2.29. The first kappa shape index (κ1) is 11.2. The summed E-state index contributed by atoms with van der Waals surface area (Å²) in [6, 6.07) is 9.25. The summed E-state index contributed by atoms with van der Waals surface area (Å²) >= 11 is 0. The van der Waals surface area contributed by atoms with Crippen molar-refractivity contribution in [2.75, 3.05) is 0 Å². The van der Waals surface area contributed by atoms with Gasteiger partial charge in [0, 0.05) is 17.3 Å². The van der Waals surface area contributed by atoms with Crippen LogP contribution >= 0.6 is 0 Å². The van der Waals surface area contributed by atoms with Gasteiger partial charge in [-0.25, -0.2) is 9.97 Å². The van der Waals surface area contributed by atoms with Crippen LogP contribution in [0, 0.1) is 0 Å². The highest BCUT2D eigenvalue weighted by atomic mass is 16.3. The topological polar surface area (TPSA) is 89.1 Å². The smallest absolute Gasteiger partial charge is 0.286 e. The van der Waals surface area contributed by atoms with Crippen LogP contribution < -0.4 is 5.73 Å². The van der Waals surface area contributed by atoms with E-state index in [0.717, 1.165) is 5.56 Å². The molecule has 17 heavy (non-hydrogen) atoms. The van der Waals surface area contributed by atoms with Gasteiger partial charge in [-0.3, -0.25) is 4.79 Å². The SMILES string of the molecule is NC(=O)c1ncc(CO)c(-c2ccccc2)n1. The predicted molar refractivity (Wildman–Crippen MR) is 61.9 cm³/mol. The van der Waals surface area contributed by atoms with Crippen LogP contribution in [0.2, 0.25) is 0 Å². The maximum absolute atomic E-state index is 11.0. The molecule has 3 N–H and O–H groups in total. The largest absolute Gasteiger partial charge is 0.392 e. The lowest BCUT2D eigenvalue weighted by atomic mass is 10.1. The molecule has 0 aliphatic carbocycles. The number of hydrogen-bond donors (Lipinski definition) is 2. The minimum Gasteiger partial charge on any atom is -0.392 e. The summed E-state index contributed by atoms with van der Waals surface area (Å²) in [6.45, 7) is -0.191. The average Bonchev–Trinajstić information content (AvgIpc) is 2.39. The Morgan fingerprint density at radius 1 is 1.29 bits per heavy atom. The molecule has 0 unspecified atom stereocenters. The molecule has 5 heteroatoms. The number of primary amides is 1. The number of carbonyl (C=O) groups excluding carboxylic acids is 1. The zero-order valence-corrected chi connectivity index (χ0v) is 9.00. The summed E-state index contributed by atoms with van der Waals surface area (Å²) in [5, 5.41) is 9.21. The third-order valence-electron chi connectivity index (χ3n) is 2.30. The summed E-state index contributed by atoms with van der Waals surface area (Å²) in [5.74, 6) is -0.743. The summed E-state index contributed by atoms with van der Waals surface area (Å²) in [5.41, 5.74) is 7.01. The first-order valence-corrected chi connectivity index (χ1v) is 5.04. The Kier molecular flexibility index (Phi) is 3.11. The van der Waals surface area contributed by atoms with E-state index in [0.29, 0.717) is 11.3 Å². The Morgan fingerprint density at radius 3 is 2.59 bits per heavy atom. The van der Waals surface area contributed by atoms with Crippen LogP contribution in [-0.2, 0) is 6.61 Å². The maximum atomic E-state index is 11.0. The summed E-state index contributed by atoms with van der Waals surface area (Å²) in [6.07, 6.45) is 1.41. The van der Waals surface area contributed by atoms with Gasteiger partial charge in [-0.1, -0.05) is 30.3 Å². The molecular formula is C12H11N3O2. The van der Waals surface area contributed by atoms with Crippen molar-refractivity contribution in [1.29, 1.82) is 0 Å². The molecule has 0 saturated heterocycles. The minimum absolute atomic E-state index is 0.0546. The Bertz CT molecular complexity index is 541. The molecule has 2 aromatic rings. The molecule has 0 bridgehead atoms. The molecule has 1 heterocycles. The van der Waals surface area contributed by atoms with Crippen molar-refractivity contribution in [3.8, 4) is 11.3 Å². The van der Waals surface area contributed by atoms with Crippen LogP contribution in [0.4, 0.5) is 0 Å². The van der Waals surface area contributed by atoms with Gasteiger partial charge in [-0.05, 0) is 0 Å². The molecule has 1 aromatic heterocycles. The van der Waals surface area contributed by atoms with Gasteiger partial charge in [-0.2, -0.15) is 0 Å². The van der Waals surface area contributed by atoms with Gasteiger partial charge in [0.25, 0.3) is 5.91 Å². The standard InChI is InChI=1S/C12H11N3O2/c13-11(17)12-14-6-9(7-16)10(15-12)8-4-2-1-3-5-8/h1-6,16H,7H2,(H2,13,17). The summed E-state index contributed by atoms with van der Waals surface area (Å²) in [4.78, 5) is 18.9. The van der Waals surface area contributed by atoms with Crippen molar-refractivity contribution in [2.24, 2.45) is 5.73 Å². The quantitative estimate of drug-likeness (QED) is 0.812. The molecule has 1 amide bonds. The molecule has 0 saturated carbocycles. The molecule has 0 fully saturated rings. The van der Waals surface area contributed by atoms with Crippen LogP contribution in [0.25, 0.3) is 11.3 Å². The average molecular weight is 229 g/mol. The number of nitrogens with two attached hydrogens (primary N) is 1. The van der Waals surface area contributed by atoms with E-state index in [2.05, 4.69) is 9.97 Å². The van der Waals surface area contributed by atoms with E-state index in [-0.39, 0.29) is 12.4 Å². The maximum Gasteiger partial charge on any atom is 0.286 e. The van der Waals surface area contributed by atoms with Crippen molar-refractivity contribution in [3.05, 3.63) is 47.9 Å². The van der Waals surface area contributed by atoms with E-state index < -0.39 is 5.91 Å². The number of rotatable bonds is 3. The molecule has 0 aliphatic heterocycles. The molecule has 1 aromatic carbocycles. The van der Waals surface area contributed by atoms with E-state index >= 15 is 0 Å². The molecule has 0 spiro atoms. The molecular weight excluding hydrogens is 218 g/mol. The number of aromatic nitrogens is 2. The monoisotopic (exact) mass is 229 g/mol. The van der Waals surface area contributed by atoms with E-state index in [1.54, 1.807) is 0 Å². The number of benzene rings is 1. The second-order valence-electron chi connectivity index (χ2n) is 3.46. The van der Waals surface area contributed by atoms with E-state index in [4.69, 9.17) is 5.73 Å². The highest BCUT2D eigenvalue weighted by Crippen LogP contribution is 2.20. The Balaban J connectivity index is 2.58. The predicted octanol–water partition coefficient (Wildman–Crippen LogP) is 0.735. The second kappa shape index (κ2) is 4.71. The molecule has 0 atom stereocenters. The van der Waals surface area contributed by atoms with Crippen LogP contribution in [0.15, 0.2) is 36.5 Å². The first-order valence-electron chi connectivity index (χ1n) is 5.04. The van der Waals surface area contributed by atoms with E-state index in [1.165, 1.54) is 6.20 Å². The Morgan fingerprint density at radius 2 is 2.00 bits per heavy atom. The van der Waals surface area contributed by atoms with Crippen LogP contribution in [0.5, 0.6) is 0 Å². The molecule has 86 valence electrons. The van der Waals surface area contributed by atoms with E-state index in [9.17, 15) is 9.90 Å². The van der Waals surface area contributed by atoms with Crippen LogP contribution in [0.1, 0.15) is 16.2 Å². The fourth-order valence-corrected chi connectivity index (χ4v) is 1.49. The van der Waals surface area contributed by atoms with Crippen molar-refractivity contribution >= 4 is 5.91 Å². The zero-order valence-electron chi connectivity index (χ0n) is 9.00. The number of amides is 1. The van der Waals surface area contributed by atoms with Gasteiger partial charge >= 0.3 is 0 Å². The van der Waals surface area contributed by atoms with Gasteiger partial charge in [-0.15, -0.1) is 0 Å². The lowest BCUT2D eigenvalue weighted by Gasteiger charge is -2.06. The van der Waals surface area contributed by atoms with Crippen molar-refractivity contribution in [2.45, 2.75) is 6.61 Å². The number of nitrogens with zero attached hydrogens (tertiary/aromatic N) is 2. The van der Waals surface area contributed by atoms with Gasteiger partial charge in [0.1, 0.15) is 0 Å². The number of aliphatic hydroxyl groups is 1. The van der Waals surface area contributed by atoms with Gasteiger partial charge in [0.05, 0.1) is 12.3 Å². The van der Waals surface area contributed by atoms with Crippen molar-refractivity contribution < 1.29 is 9.90 Å². The lowest BCUT2D eigenvalue weighted by Crippen LogP contribution is -2.16. The van der Waals surface area contributed by atoms with Crippen LogP contribution in [-0.4, -0.2) is 21.0 Å². The summed E-state index contributed by atoms with van der Waals surface area (Å²) in [7, 11) is 0. The first-order chi connectivity index (χ1) is 8.22. The van der Waals surface area contributed by atoms with E-state index in [1.807, 2.05) is 30.3 Å². The molecule has 5 nitrogen and oxygen atoms in total. The number of hydrogen-bond acceptors (Lipinski definition) is 4. The van der Waals surface area contributed by atoms with Crippen molar-refractivity contribution in [3.63, 3.8) is 0 Å². The number of carbonyl (C=O) groups is 1. The Labute approximate surface area is 98.0 Å². The lowest BCUT2D eigenvalue weighted by molar-refractivity contribution is 0.0990. The van der Waals surface area contributed by atoms with Gasteiger partial charge in [0.15, 0.2) is 0 Å². The van der Waals surface area contributed by atoms with Crippen molar-refractivity contribution in [1.82, 2.24) is 9.97 Å². The third-order valence-corrected chi connectivity index (χ3v) is 2.30. The highest BCUT2D eigenvalue weighted by Gasteiger charge is 2.11. The van der Waals surface area contributed by atoms with Gasteiger partial charge < -0.3 is 10.8 Å². The Hall–Kier alpha value is -2.27. The summed E-state index contributed by atoms with van der Waals surface area (Å²) < 4.78 is 0.